The maximum Gasteiger partial charge on any atom is 0.258 e. The fraction of sp³-hybridized carbons (Fsp3) is 0.529. The molecule has 0 bridgehead atoms. The summed E-state index contributed by atoms with van der Waals surface area (Å²) in [4.78, 5) is 19.3. The first kappa shape index (κ1) is 16.4. The van der Waals surface area contributed by atoms with E-state index in [1.165, 1.54) is 6.42 Å². The maximum absolute atomic E-state index is 12.3. The van der Waals surface area contributed by atoms with Crippen LogP contribution in [0.5, 0.6) is 0 Å². The van der Waals surface area contributed by atoms with Crippen LogP contribution in [0, 0.1) is 18.8 Å². The van der Waals surface area contributed by atoms with E-state index >= 15 is 0 Å². The lowest BCUT2D eigenvalue weighted by Gasteiger charge is -2.18. The van der Waals surface area contributed by atoms with Gasteiger partial charge in [-0.25, -0.2) is 4.98 Å². The molecule has 4 rings (SSSR count). The van der Waals surface area contributed by atoms with Gasteiger partial charge in [-0.05, 0) is 43.2 Å². The summed E-state index contributed by atoms with van der Waals surface area (Å²) in [6, 6.07) is 5.92. The van der Waals surface area contributed by atoms with Crippen LogP contribution in [0.15, 0.2) is 29.2 Å². The SMILES string of the molecule is Cc1ccc2nc(CN3CC4CCC(N)C4C3)cc(=O)n2c1.Cl. The van der Waals surface area contributed by atoms with Crippen molar-refractivity contribution in [2.24, 2.45) is 17.6 Å². The Kier molecular flexibility index (Phi) is 4.45. The summed E-state index contributed by atoms with van der Waals surface area (Å²) in [6.07, 6.45) is 4.25. The third-order valence-corrected chi connectivity index (χ3v) is 5.23. The van der Waals surface area contributed by atoms with Crippen molar-refractivity contribution in [1.82, 2.24) is 14.3 Å². The molecular formula is C17H23ClN4O. The summed E-state index contributed by atoms with van der Waals surface area (Å²) >= 11 is 0. The topological polar surface area (TPSA) is 63.6 Å². The number of nitrogens with zero attached hydrogens (tertiary/aromatic N) is 3. The van der Waals surface area contributed by atoms with E-state index in [1.54, 1.807) is 10.5 Å². The molecule has 1 aliphatic heterocycles. The summed E-state index contributed by atoms with van der Waals surface area (Å²) in [7, 11) is 0. The molecule has 0 aromatic carbocycles. The fourth-order valence-electron chi connectivity index (χ4n) is 4.10. The predicted octanol–water partition coefficient (Wildman–Crippen LogP) is 1.59. The summed E-state index contributed by atoms with van der Waals surface area (Å²) in [5, 5.41) is 0. The Labute approximate surface area is 141 Å². The third-order valence-electron chi connectivity index (χ3n) is 5.23. The number of fused-ring (bicyclic) bond motifs is 2. The zero-order chi connectivity index (χ0) is 15.3. The Bertz CT molecular complexity index is 775. The molecule has 2 aromatic heterocycles. The summed E-state index contributed by atoms with van der Waals surface area (Å²) in [5.74, 6) is 1.36. The van der Waals surface area contributed by atoms with Crippen molar-refractivity contribution in [2.75, 3.05) is 13.1 Å². The molecular weight excluding hydrogens is 312 g/mol. The van der Waals surface area contributed by atoms with Crippen LogP contribution >= 0.6 is 12.4 Å². The number of halogens is 1. The molecule has 3 heterocycles. The van der Waals surface area contributed by atoms with Crippen molar-refractivity contribution in [3.8, 4) is 0 Å². The Morgan fingerprint density at radius 1 is 1.30 bits per heavy atom. The van der Waals surface area contributed by atoms with Gasteiger partial charge >= 0.3 is 0 Å². The number of nitrogens with two attached hydrogens (primary N) is 1. The molecule has 0 amide bonds. The molecule has 6 heteroatoms. The average Bonchev–Trinajstić information content (AvgIpc) is 3.02. The van der Waals surface area contributed by atoms with Gasteiger partial charge in [-0.3, -0.25) is 14.1 Å². The molecule has 3 unspecified atom stereocenters. The molecule has 2 fully saturated rings. The lowest BCUT2D eigenvalue weighted by Crippen LogP contribution is -2.30. The van der Waals surface area contributed by atoms with Crippen molar-refractivity contribution in [3.05, 3.63) is 46.0 Å². The van der Waals surface area contributed by atoms with Crippen molar-refractivity contribution in [2.45, 2.75) is 32.4 Å². The van der Waals surface area contributed by atoms with Crippen LogP contribution in [-0.2, 0) is 6.54 Å². The minimum absolute atomic E-state index is 0. The van der Waals surface area contributed by atoms with E-state index in [0.717, 1.165) is 48.9 Å². The number of hydrogen-bond donors (Lipinski definition) is 1. The van der Waals surface area contributed by atoms with Crippen LogP contribution in [0.25, 0.3) is 5.65 Å². The zero-order valence-electron chi connectivity index (χ0n) is 13.3. The molecule has 1 aliphatic carbocycles. The van der Waals surface area contributed by atoms with Crippen LogP contribution in [0.4, 0.5) is 0 Å². The number of pyridine rings is 1. The number of aromatic nitrogens is 2. The molecule has 0 spiro atoms. The molecule has 23 heavy (non-hydrogen) atoms. The molecule has 124 valence electrons. The van der Waals surface area contributed by atoms with E-state index in [4.69, 9.17) is 5.73 Å². The maximum atomic E-state index is 12.3. The molecule has 5 nitrogen and oxygen atoms in total. The molecule has 2 aliphatic rings. The lowest BCUT2D eigenvalue weighted by molar-refractivity contribution is 0.295. The van der Waals surface area contributed by atoms with Gasteiger partial charge in [0.1, 0.15) is 5.65 Å². The number of rotatable bonds is 2. The quantitative estimate of drug-likeness (QED) is 0.906. The number of aryl methyl sites for hydroxylation is 1. The predicted molar refractivity (Wildman–Crippen MR) is 92.9 cm³/mol. The van der Waals surface area contributed by atoms with Crippen molar-refractivity contribution < 1.29 is 0 Å². The summed E-state index contributed by atoms with van der Waals surface area (Å²) in [6.45, 7) is 4.86. The monoisotopic (exact) mass is 334 g/mol. The molecule has 1 saturated heterocycles. The zero-order valence-corrected chi connectivity index (χ0v) is 14.1. The van der Waals surface area contributed by atoms with Gasteiger partial charge in [0.25, 0.3) is 5.56 Å². The first-order valence-electron chi connectivity index (χ1n) is 8.07. The molecule has 2 N–H and O–H groups in total. The standard InChI is InChI=1S/C17H22N4O.ClH/c1-11-2-5-16-19-13(6-17(22)21(16)7-11)9-20-8-12-3-4-15(18)14(12)10-20;/h2,5-7,12,14-15H,3-4,8-10,18H2,1H3;1H. The third kappa shape index (κ3) is 3.01. The minimum Gasteiger partial charge on any atom is -0.327 e. The van der Waals surface area contributed by atoms with Gasteiger partial charge in [0.2, 0.25) is 0 Å². The van der Waals surface area contributed by atoms with Crippen LogP contribution in [0.1, 0.15) is 24.1 Å². The number of hydrogen-bond acceptors (Lipinski definition) is 4. The lowest BCUT2D eigenvalue weighted by atomic mass is 9.98. The smallest absolute Gasteiger partial charge is 0.258 e. The van der Waals surface area contributed by atoms with E-state index in [2.05, 4.69) is 9.88 Å². The van der Waals surface area contributed by atoms with Crippen molar-refractivity contribution in [3.63, 3.8) is 0 Å². The van der Waals surface area contributed by atoms with Gasteiger partial charge in [-0.1, -0.05) is 6.07 Å². The second kappa shape index (κ2) is 6.23. The van der Waals surface area contributed by atoms with Gasteiger partial charge in [0.15, 0.2) is 0 Å². The molecule has 3 atom stereocenters. The van der Waals surface area contributed by atoms with E-state index in [-0.39, 0.29) is 18.0 Å². The largest absolute Gasteiger partial charge is 0.327 e. The minimum atomic E-state index is -0.000192. The second-order valence-corrected chi connectivity index (χ2v) is 6.88. The number of likely N-dealkylation sites (tertiary alicyclic amines) is 1. The highest BCUT2D eigenvalue weighted by molar-refractivity contribution is 5.85. The Balaban J connectivity index is 0.00000156. The van der Waals surface area contributed by atoms with E-state index in [0.29, 0.717) is 12.0 Å². The highest BCUT2D eigenvalue weighted by Gasteiger charge is 2.40. The second-order valence-electron chi connectivity index (χ2n) is 6.88. The van der Waals surface area contributed by atoms with Crippen LogP contribution in [-0.4, -0.2) is 33.4 Å². The first-order valence-corrected chi connectivity index (χ1v) is 8.07. The highest BCUT2D eigenvalue weighted by Crippen LogP contribution is 2.37. The highest BCUT2D eigenvalue weighted by atomic mass is 35.5. The van der Waals surface area contributed by atoms with E-state index in [9.17, 15) is 4.79 Å². The van der Waals surface area contributed by atoms with Gasteiger partial charge in [0, 0.05) is 37.9 Å². The van der Waals surface area contributed by atoms with Gasteiger partial charge in [-0.2, -0.15) is 0 Å². The van der Waals surface area contributed by atoms with Crippen molar-refractivity contribution in [1.29, 1.82) is 0 Å². The Morgan fingerprint density at radius 2 is 2.13 bits per heavy atom. The normalized spacial score (nSPS) is 27.1. The molecule has 2 aromatic rings. The fourth-order valence-corrected chi connectivity index (χ4v) is 4.10. The van der Waals surface area contributed by atoms with E-state index in [1.807, 2.05) is 25.3 Å². The average molecular weight is 335 g/mol. The Hall–Kier alpha value is -1.43. The summed E-state index contributed by atoms with van der Waals surface area (Å²) < 4.78 is 1.62. The molecule has 1 saturated carbocycles. The first-order chi connectivity index (χ1) is 10.6. The van der Waals surface area contributed by atoms with Crippen molar-refractivity contribution >= 4 is 18.1 Å². The van der Waals surface area contributed by atoms with Crippen LogP contribution in [0.3, 0.4) is 0 Å². The van der Waals surface area contributed by atoms with Crippen LogP contribution < -0.4 is 11.3 Å². The molecule has 0 radical (unpaired) electrons. The Morgan fingerprint density at radius 3 is 2.91 bits per heavy atom. The summed E-state index contributed by atoms with van der Waals surface area (Å²) in [5.41, 5.74) is 8.84. The van der Waals surface area contributed by atoms with Crippen LogP contribution in [0.2, 0.25) is 0 Å². The van der Waals surface area contributed by atoms with Gasteiger partial charge in [0.05, 0.1) is 5.69 Å². The van der Waals surface area contributed by atoms with E-state index < -0.39 is 0 Å². The van der Waals surface area contributed by atoms with Gasteiger partial charge < -0.3 is 5.73 Å². The van der Waals surface area contributed by atoms with Gasteiger partial charge in [-0.15, -0.1) is 12.4 Å².